The van der Waals surface area contributed by atoms with Crippen molar-refractivity contribution >= 4 is 11.9 Å². The number of hydrogen-bond acceptors (Lipinski definition) is 3. The van der Waals surface area contributed by atoms with E-state index in [4.69, 9.17) is 5.11 Å². The van der Waals surface area contributed by atoms with E-state index in [1.54, 1.807) is 0 Å². The first-order chi connectivity index (χ1) is 9.95. The number of carboxylic acids is 1. The summed E-state index contributed by atoms with van der Waals surface area (Å²) in [6.07, 6.45) is -1.11. The number of aliphatic carboxylic acids is 1. The second-order valence-electron chi connectivity index (χ2n) is 4.09. The van der Waals surface area contributed by atoms with Crippen LogP contribution in [0.15, 0.2) is 72.8 Å². The van der Waals surface area contributed by atoms with E-state index >= 15 is 0 Å². The molecule has 0 amide bonds. The van der Waals surface area contributed by atoms with Crippen molar-refractivity contribution in [3.8, 4) is 0 Å². The van der Waals surface area contributed by atoms with E-state index in [1.807, 2.05) is 60.7 Å². The van der Waals surface area contributed by atoms with E-state index in [2.05, 4.69) is 11.3 Å². The van der Waals surface area contributed by atoms with Gasteiger partial charge in [0, 0.05) is 22.6 Å². The van der Waals surface area contributed by atoms with Crippen LogP contribution in [-0.4, -0.2) is 23.1 Å². The number of hydrogen-bond donors (Lipinski definition) is 1. The van der Waals surface area contributed by atoms with E-state index in [0.717, 1.165) is 0 Å². The molecule has 2 aromatic carbocycles. The van der Waals surface area contributed by atoms with Crippen molar-refractivity contribution in [2.45, 2.75) is 20.0 Å². The molecule has 5 heteroatoms. The van der Waals surface area contributed by atoms with Crippen LogP contribution in [0.1, 0.15) is 13.8 Å². The molecule has 0 heterocycles. The van der Waals surface area contributed by atoms with Crippen LogP contribution in [0.3, 0.4) is 0 Å². The zero-order valence-electron chi connectivity index (χ0n) is 12.6. The summed E-state index contributed by atoms with van der Waals surface area (Å²) < 4.78 is 4.44. The summed E-state index contributed by atoms with van der Waals surface area (Å²) in [6, 6.07) is 20.0. The Bertz CT molecular complexity index is 440. The Morgan fingerprint density at radius 2 is 1.50 bits per heavy atom. The third kappa shape index (κ3) is 12.9. The van der Waals surface area contributed by atoms with Crippen molar-refractivity contribution in [1.82, 2.24) is 0 Å². The predicted octanol–water partition coefficient (Wildman–Crippen LogP) is 3.39. The summed E-state index contributed by atoms with van der Waals surface area (Å²) >= 11 is 0. The van der Waals surface area contributed by atoms with Gasteiger partial charge in [0.05, 0.1) is 0 Å². The van der Waals surface area contributed by atoms with Gasteiger partial charge in [-0.3, -0.25) is 0 Å². The van der Waals surface area contributed by atoms with E-state index in [-0.39, 0.29) is 22.6 Å². The van der Waals surface area contributed by atoms with Gasteiger partial charge in [-0.15, -0.1) is 0 Å². The molecule has 4 nitrogen and oxygen atoms in total. The van der Waals surface area contributed by atoms with Crippen LogP contribution in [0.2, 0.25) is 0 Å². The second-order valence-corrected chi connectivity index (χ2v) is 4.09. The summed E-state index contributed by atoms with van der Waals surface area (Å²) in [6.45, 7) is 6.04. The topological polar surface area (TPSA) is 63.6 Å². The van der Waals surface area contributed by atoms with E-state index in [0.29, 0.717) is 0 Å². The maximum atomic E-state index is 10.7. The maximum absolute atomic E-state index is 10.7. The van der Waals surface area contributed by atoms with Gasteiger partial charge >= 0.3 is 11.9 Å². The Hall–Kier alpha value is -2.10. The number of carbonyl (C=O) groups excluding carboxylic acids is 1. The summed E-state index contributed by atoms with van der Waals surface area (Å²) in [5, 5.41) is 8.31. The minimum Gasteiger partial charge on any atom is -0.748 e. The van der Waals surface area contributed by atoms with Crippen LogP contribution in [0.4, 0.5) is 0 Å². The Kier molecular flexibility index (Phi) is 14.0. The van der Waals surface area contributed by atoms with Gasteiger partial charge in [-0.1, -0.05) is 6.58 Å². The molecule has 0 aliphatic heterocycles. The average Bonchev–Trinajstić information content (AvgIpc) is 3.16. The fraction of sp³-hybridized carbons (Fsp3) is 0.176. The normalized spacial score (nSPS) is 9.55. The molecule has 0 saturated carbocycles. The molecule has 0 aliphatic rings. The number of carbonyl (C=O) groups is 2. The quantitative estimate of drug-likeness (QED) is 0.401. The Morgan fingerprint density at radius 3 is 1.73 bits per heavy atom. The molecule has 1 atom stereocenters. The molecule has 0 aromatic heterocycles. The van der Waals surface area contributed by atoms with Gasteiger partial charge in [0.2, 0.25) is 0 Å². The zero-order valence-corrected chi connectivity index (χ0v) is 13.7. The van der Waals surface area contributed by atoms with Crippen LogP contribution in [0.5, 0.6) is 0 Å². The first-order valence-electron chi connectivity index (χ1n) is 6.37. The molecule has 0 aliphatic carbocycles. The molecule has 1 N–H and O–H groups in total. The minimum atomic E-state index is -1.17. The molecule has 126 valence electrons. The monoisotopic (exact) mass is 344 g/mol. The largest absolute Gasteiger partial charge is 0.748 e. The first kappa shape index (κ1) is 22.2. The molecule has 0 fully saturated rings. The van der Waals surface area contributed by atoms with Crippen molar-refractivity contribution in [2.24, 2.45) is 0 Å². The maximum Gasteiger partial charge on any atom is 0.344 e. The van der Waals surface area contributed by atoms with E-state index < -0.39 is 18.0 Å². The van der Waals surface area contributed by atoms with Crippen LogP contribution >= 0.6 is 0 Å². The molecule has 0 bridgehead atoms. The van der Waals surface area contributed by atoms with Gasteiger partial charge in [-0.2, -0.15) is 18.2 Å². The molecule has 0 radical (unpaired) electrons. The first-order valence-corrected chi connectivity index (χ1v) is 6.37. The second kappa shape index (κ2) is 13.9. The van der Waals surface area contributed by atoms with Crippen LogP contribution in [0, 0.1) is 0 Å². The zero-order chi connectivity index (χ0) is 16.1. The Morgan fingerprint density at radius 1 is 1.09 bits per heavy atom. The molecule has 0 saturated heterocycles. The molecule has 2 rings (SSSR count). The van der Waals surface area contributed by atoms with Crippen LogP contribution < -0.4 is 0 Å². The van der Waals surface area contributed by atoms with Gasteiger partial charge < -0.3 is 40.2 Å². The van der Waals surface area contributed by atoms with Gasteiger partial charge in [-0.05, 0) is 13.8 Å². The summed E-state index contributed by atoms with van der Waals surface area (Å²) in [5.41, 5.74) is 0.193. The number of carboxylic acid groups (broad SMARTS) is 1. The standard InChI is InChI=1S/C7H10O4.2C5H5.Fe/c1-4(2)7(10)11-5(3)6(8)9;2*1-2-4-5-3-1;/h5H,1H2,2-3H3,(H,8,9);2*1-5H;/q;-5;-1;. The van der Waals surface area contributed by atoms with Gasteiger partial charge in [-0.25, -0.2) is 21.7 Å². The summed E-state index contributed by atoms with van der Waals surface area (Å²) in [5.74, 6) is -1.85. The average molecular weight is 344 g/mol. The summed E-state index contributed by atoms with van der Waals surface area (Å²) in [7, 11) is 0. The third-order valence-electron chi connectivity index (χ3n) is 2.09. The molecular weight excluding hydrogens is 324 g/mol. The van der Waals surface area contributed by atoms with Gasteiger partial charge in [0.25, 0.3) is 0 Å². The van der Waals surface area contributed by atoms with Crippen molar-refractivity contribution in [3.63, 3.8) is 0 Å². The molecule has 2 aromatic rings. The molecular formula is C17H20FeO4-6. The molecule has 0 spiro atoms. The van der Waals surface area contributed by atoms with E-state index in [1.165, 1.54) is 13.8 Å². The Balaban J connectivity index is 0. The van der Waals surface area contributed by atoms with Gasteiger partial charge in [0.1, 0.15) is 0 Å². The fourth-order valence-corrected chi connectivity index (χ4v) is 0.953. The van der Waals surface area contributed by atoms with Crippen molar-refractivity contribution in [1.29, 1.82) is 0 Å². The van der Waals surface area contributed by atoms with Crippen molar-refractivity contribution in [3.05, 3.63) is 72.8 Å². The predicted molar refractivity (Wildman–Crippen MR) is 82.1 cm³/mol. The van der Waals surface area contributed by atoms with Crippen LogP contribution in [0.25, 0.3) is 0 Å². The number of ether oxygens (including phenoxy) is 1. The summed E-state index contributed by atoms with van der Waals surface area (Å²) in [4.78, 5) is 20.8. The van der Waals surface area contributed by atoms with Crippen molar-refractivity contribution < 1.29 is 36.5 Å². The SMILES string of the molecule is C=C(C)C(=O)OC(C)C(=O)O.[Fe].[cH-]1[cH-][cH-][cH-][cH-]1.c1cc[cH-]c1. The van der Waals surface area contributed by atoms with Crippen molar-refractivity contribution in [2.75, 3.05) is 0 Å². The fourth-order valence-electron chi connectivity index (χ4n) is 0.953. The molecule has 22 heavy (non-hydrogen) atoms. The van der Waals surface area contributed by atoms with E-state index in [9.17, 15) is 9.59 Å². The third-order valence-corrected chi connectivity index (χ3v) is 2.09. The van der Waals surface area contributed by atoms with Gasteiger partial charge in [0.15, 0.2) is 6.10 Å². The minimum absolute atomic E-state index is 0. The molecule has 1 unspecified atom stereocenters. The Labute approximate surface area is 141 Å². The number of esters is 1. The smallest absolute Gasteiger partial charge is 0.344 e. The van der Waals surface area contributed by atoms with Crippen LogP contribution in [-0.2, 0) is 31.4 Å². The number of rotatable bonds is 3.